The van der Waals surface area contributed by atoms with Gasteiger partial charge < -0.3 is 14.8 Å². The second-order valence-electron chi connectivity index (χ2n) is 6.80. The van der Waals surface area contributed by atoms with Gasteiger partial charge in [0.2, 0.25) is 0 Å². The molecule has 0 saturated carbocycles. The SMILES string of the molecule is COCCOC(=O)C1=C(C)N(c2ccccc2)C(=S)N[C@@H]1c1cccc(C(F)(F)F)c1. The van der Waals surface area contributed by atoms with Crippen LogP contribution in [0.5, 0.6) is 0 Å². The molecule has 0 spiro atoms. The predicted octanol–water partition coefficient (Wildman–Crippen LogP) is 4.60. The zero-order valence-electron chi connectivity index (χ0n) is 16.9. The van der Waals surface area contributed by atoms with Crippen LogP contribution in [0.2, 0.25) is 0 Å². The van der Waals surface area contributed by atoms with E-state index in [1.165, 1.54) is 19.2 Å². The molecule has 0 aromatic heterocycles. The van der Waals surface area contributed by atoms with Crippen molar-refractivity contribution in [3.8, 4) is 0 Å². The van der Waals surface area contributed by atoms with Gasteiger partial charge in [0.15, 0.2) is 5.11 Å². The Morgan fingerprint density at radius 2 is 1.84 bits per heavy atom. The highest BCUT2D eigenvalue weighted by molar-refractivity contribution is 7.80. The maximum atomic E-state index is 13.3. The molecule has 0 aliphatic carbocycles. The van der Waals surface area contributed by atoms with Gasteiger partial charge >= 0.3 is 12.1 Å². The highest BCUT2D eigenvalue weighted by Gasteiger charge is 2.37. The number of para-hydroxylation sites is 1. The van der Waals surface area contributed by atoms with Gasteiger partial charge in [-0.05, 0) is 49.0 Å². The third-order valence-electron chi connectivity index (χ3n) is 4.79. The molecule has 0 saturated heterocycles. The van der Waals surface area contributed by atoms with Crippen molar-refractivity contribution in [2.75, 3.05) is 25.2 Å². The molecule has 0 unspecified atom stereocenters. The molecule has 1 aliphatic heterocycles. The Labute approximate surface area is 183 Å². The number of thiocarbonyl (C=S) groups is 1. The monoisotopic (exact) mass is 450 g/mol. The van der Waals surface area contributed by atoms with E-state index in [4.69, 9.17) is 21.7 Å². The third-order valence-corrected chi connectivity index (χ3v) is 5.09. The molecule has 1 aliphatic rings. The van der Waals surface area contributed by atoms with E-state index in [2.05, 4.69) is 5.32 Å². The van der Waals surface area contributed by atoms with Crippen molar-refractivity contribution >= 4 is 29.0 Å². The van der Waals surface area contributed by atoms with Crippen LogP contribution in [-0.4, -0.2) is 31.4 Å². The van der Waals surface area contributed by atoms with Crippen LogP contribution in [0.1, 0.15) is 24.1 Å². The number of rotatable bonds is 6. The van der Waals surface area contributed by atoms with E-state index < -0.39 is 23.8 Å². The fraction of sp³-hybridized carbons (Fsp3) is 0.273. The van der Waals surface area contributed by atoms with Crippen molar-refractivity contribution in [1.82, 2.24) is 5.32 Å². The van der Waals surface area contributed by atoms with Gasteiger partial charge in [-0.25, -0.2) is 4.79 Å². The normalized spacial score (nSPS) is 16.9. The number of anilines is 1. The fourth-order valence-electron chi connectivity index (χ4n) is 3.34. The van der Waals surface area contributed by atoms with Gasteiger partial charge in [0.05, 0.1) is 23.8 Å². The molecule has 2 aromatic rings. The number of ether oxygens (including phenoxy) is 2. The highest BCUT2D eigenvalue weighted by Crippen LogP contribution is 2.36. The first-order chi connectivity index (χ1) is 14.7. The highest BCUT2D eigenvalue weighted by atomic mass is 32.1. The van der Waals surface area contributed by atoms with Crippen LogP contribution in [0.25, 0.3) is 0 Å². The number of hydrogen-bond donors (Lipinski definition) is 1. The van der Waals surface area contributed by atoms with E-state index in [0.717, 1.165) is 12.1 Å². The van der Waals surface area contributed by atoms with E-state index in [0.29, 0.717) is 11.4 Å². The standard InChI is InChI=1S/C22H21F3N2O3S/c1-14-18(20(28)30-12-11-29-2)19(15-7-6-8-16(13-15)22(23,24)25)26-21(31)27(14)17-9-4-3-5-10-17/h3-10,13,19H,11-12H2,1-2H3,(H,26,31)/t19-/m1/s1. The number of alkyl halides is 3. The summed E-state index contributed by atoms with van der Waals surface area (Å²) in [6.45, 7) is 1.89. The Bertz CT molecular complexity index is 993. The first-order valence-corrected chi connectivity index (χ1v) is 9.84. The lowest BCUT2D eigenvalue weighted by Gasteiger charge is -2.37. The van der Waals surface area contributed by atoms with Gasteiger partial charge in [0.25, 0.3) is 0 Å². The van der Waals surface area contributed by atoms with Crippen LogP contribution in [0.4, 0.5) is 18.9 Å². The molecule has 1 atom stereocenters. The van der Waals surface area contributed by atoms with E-state index in [-0.39, 0.29) is 29.5 Å². The first-order valence-electron chi connectivity index (χ1n) is 9.43. The van der Waals surface area contributed by atoms with Gasteiger partial charge in [-0.15, -0.1) is 0 Å². The minimum absolute atomic E-state index is 0.0111. The molecule has 0 fully saturated rings. The van der Waals surface area contributed by atoms with Crippen molar-refractivity contribution in [3.63, 3.8) is 0 Å². The number of halogens is 3. The number of hydrogen-bond acceptors (Lipinski definition) is 4. The average molecular weight is 450 g/mol. The summed E-state index contributed by atoms with van der Waals surface area (Å²) >= 11 is 5.50. The fourth-order valence-corrected chi connectivity index (χ4v) is 3.70. The van der Waals surface area contributed by atoms with Crippen molar-refractivity contribution in [3.05, 3.63) is 77.0 Å². The largest absolute Gasteiger partial charge is 0.460 e. The molecule has 2 aromatic carbocycles. The number of esters is 1. The summed E-state index contributed by atoms with van der Waals surface area (Å²) in [5.74, 6) is -0.659. The van der Waals surface area contributed by atoms with Gasteiger partial charge in [0.1, 0.15) is 6.61 Å². The Hall–Kier alpha value is -2.91. The van der Waals surface area contributed by atoms with Crippen LogP contribution in [0.15, 0.2) is 65.9 Å². The molecule has 164 valence electrons. The van der Waals surface area contributed by atoms with Crippen molar-refractivity contribution in [1.29, 1.82) is 0 Å². The van der Waals surface area contributed by atoms with E-state index >= 15 is 0 Å². The third kappa shape index (κ3) is 5.05. The Morgan fingerprint density at radius 3 is 2.48 bits per heavy atom. The Balaban J connectivity index is 2.09. The van der Waals surface area contributed by atoms with Crippen molar-refractivity contribution in [2.45, 2.75) is 19.1 Å². The van der Waals surface area contributed by atoms with E-state index in [1.807, 2.05) is 30.3 Å². The lowest BCUT2D eigenvalue weighted by atomic mass is 9.93. The minimum Gasteiger partial charge on any atom is -0.460 e. The molecule has 0 radical (unpaired) electrons. The zero-order chi connectivity index (χ0) is 22.6. The van der Waals surface area contributed by atoms with Gasteiger partial charge in [-0.3, -0.25) is 4.90 Å². The molecule has 3 rings (SSSR count). The van der Waals surface area contributed by atoms with Gasteiger partial charge in [0, 0.05) is 18.5 Å². The maximum absolute atomic E-state index is 13.3. The minimum atomic E-state index is -4.51. The summed E-state index contributed by atoms with van der Waals surface area (Å²) in [7, 11) is 1.47. The second kappa shape index (κ2) is 9.49. The summed E-state index contributed by atoms with van der Waals surface area (Å²) in [5, 5.41) is 3.28. The number of carbonyl (C=O) groups excluding carboxylic acids is 1. The number of nitrogens with zero attached hydrogens (tertiary/aromatic N) is 1. The van der Waals surface area contributed by atoms with Gasteiger partial charge in [-0.2, -0.15) is 13.2 Å². The van der Waals surface area contributed by atoms with Crippen molar-refractivity contribution < 1.29 is 27.4 Å². The molecular weight excluding hydrogens is 429 g/mol. The van der Waals surface area contributed by atoms with Crippen LogP contribution in [0.3, 0.4) is 0 Å². The number of methoxy groups -OCH3 is 1. The Morgan fingerprint density at radius 1 is 1.13 bits per heavy atom. The smallest absolute Gasteiger partial charge is 0.416 e. The molecule has 0 amide bonds. The van der Waals surface area contributed by atoms with Crippen LogP contribution in [0, 0.1) is 0 Å². The molecular formula is C22H21F3N2O3S. The summed E-state index contributed by atoms with van der Waals surface area (Å²) in [4.78, 5) is 14.6. The van der Waals surface area contributed by atoms with E-state index in [9.17, 15) is 18.0 Å². The predicted molar refractivity (Wildman–Crippen MR) is 114 cm³/mol. The molecule has 1 heterocycles. The summed E-state index contributed by atoms with van der Waals surface area (Å²) in [5.41, 5.74) is 0.797. The number of carbonyl (C=O) groups is 1. The first kappa shape index (κ1) is 22.8. The topological polar surface area (TPSA) is 50.8 Å². The Kier molecular flexibility index (Phi) is 6.97. The number of allylic oxidation sites excluding steroid dienone is 1. The molecule has 0 bridgehead atoms. The van der Waals surface area contributed by atoms with Gasteiger partial charge in [-0.1, -0.05) is 30.3 Å². The lowest BCUT2D eigenvalue weighted by Crippen LogP contribution is -2.48. The van der Waals surface area contributed by atoms with Crippen LogP contribution < -0.4 is 10.2 Å². The van der Waals surface area contributed by atoms with E-state index in [1.54, 1.807) is 11.8 Å². The summed E-state index contributed by atoms with van der Waals surface area (Å²) < 4.78 is 50.0. The summed E-state index contributed by atoms with van der Waals surface area (Å²) in [6.07, 6.45) is -4.51. The molecule has 5 nitrogen and oxygen atoms in total. The number of nitrogens with one attached hydrogen (secondary N) is 1. The molecule has 9 heteroatoms. The number of benzene rings is 2. The van der Waals surface area contributed by atoms with Crippen molar-refractivity contribution in [2.24, 2.45) is 0 Å². The molecule has 31 heavy (non-hydrogen) atoms. The second-order valence-corrected chi connectivity index (χ2v) is 7.19. The average Bonchev–Trinajstić information content (AvgIpc) is 2.73. The van der Waals surface area contributed by atoms with Crippen LogP contribution in [-0.2, 0) is 20.4 Å². The van der Waals surface area contributed by atoms with Crippen LogP contribution >= 0.6 is 12.2 Å². The summed E-state index contributed by atoms with van der Waals surface area (Å²) in [6, 6.07) is 13.0. The zero-order valence-corrected chi connectivity index (χ0v) is 17.7. The quantitative estimate of drug-likeness (QED) is 0.394. The lowest BCUT2D eigenvalue weighted by molar-refractivity contribution is -0.140. The molecule has 1 N–H and O–H groups in total. The maximum Gasteiger partial charge on any atom is 0.416 e.